The number of rotatable bonds is 4. The zero-order valence-electron chi connectivity index (χ0n) is 10.2. The Morgan fingerprint density at radius 3 is 2.89 bits per heavy atom. The van der Waals surface area contributed by atoms with Crippen molar-refractivity contribution in [3.8, 4) is 5.88 Å². The molecule has 1 heterocycles. The maximum atomic E-state index is 5.89. The third-order valence-electron chi connectivity index (χ3n) is 2.37. The Hall–Kier alpha value is -1.95. The van der Waals surface area contributed by atoms with Gasteiger partial charge in [0.15, 0.2) is 5.82 Å². The van der Waals surface area contributed by atoms with Crippen molar-refractivity contribution in [2.24, 2.45) is 0 Å². The van der Waals surface area contributed by atoms with E-state index < -0.39 is 0 Å². The second-order valence-corrected chi connectivity index (χ2v) is 4.38. The quantitative estimate of drug-likeness (QED) is 0.825. The van der Waals surface area contributed by atoms with E-state index in [0.717, 1.165) is 5.69 Å². The molecule has 0 spiro atoms. The second-order valence-electron chi connectivity index (χ2n) is 3.50. The lowest BCUT2D eigenvalue weighted by Crippen LogP contribution is -2.03. The van der Waals surface area contributed by atoms with Crippen LogP contribution in [0.2, 0.25) is 0 Å². The Morgan fingerprint density at radius 1 is 1.33 bits per heavy atom. The van der Waals surface area contributed by atoms with Gasteiger partial charge in [0.25, 0.3) is 0 Å². The summed E-state index contributed by atoms with van der Waals surface area (Å²) in [5, 5.41) is 3.15. The maximum Gasteiger partial charge on any atom is 0.242 e. The first-order valence-corrected chi connectivity index (χ1v) is 6.52. The molecular weight excluding hydrogens is 248 g/mol. The van der Waals surface area contributed by atoms with Gasteiger partial charge in [-0.1, -0.05) is 6.07 Å². The summed E-state index contributed by atoms with van der Waals surface area (Å²) in [5.41, 5.74) is 7.22. The predicted molar refractivity (Wildman–Crippen MR) is 74.5 cm³/mol. The van der Waals surface area contributed by atoms with Gasteiger partial charge in [0.2, 0.25) is 5.88 Å². The summed E-state index contributed by atoms with van der Waals surface area (Å²) in [5.74, 6) is 0.911. The van der Waals surface area contributed by atoms with Crippen molar-refractivity contribution in [3.63, 3.8) is 0 Å². The molecule has 0 amide bonds. The van der Waals surface area contributed by atoms with Crippen molar-refractivity contribution in [2.45, 2.75) is 4.90 Å². The molecule has 5 nitrogen and oxygen atoms in total. The van der Waals surface area contributed by atoms with Crippen LogP contribution in [0.25, 0.3) is 0 Å². The van der Waals surface area contributed by atoms with E-state index in [9.17, 15) is 0 Å². The van der Waals surface area contributed by atoms with Gasteiger partial charge in [-0.2, -0.15) is 4.98 Å². The van der Waals surface area contributed by atoms with Crippen LogP contribution in [0.5, 0.6) is 5.88 Å². The van der Waals surface area contributed by atoms with Gasteiger partial charge in [0.1, 0.15) is 12.0 Å². The van der Waals surface area contributed by atoms with E-state index in [-0.39, 0.29) is 0 Å². The molecule has 94 valence electrons. The number of benzene rings is 1. The zero-order chi connectivity index (χ0) is 13.0. The van der Waals surface area contributed by atoms with Crippen molar-refractivity contribution in [2.75, 3.05) is 24.4 Å². The molecule has 0 saturated carbocycles. The second kappa shape index (κ2) is 5.59. The van der Waals surface area contributed by atoms with Crippen LogP contribution in [0.1, 0.15) is 0 Å². The Labute approximate surface area is 110 Å². The number of nitrogens with zero attached hydrogens (tertiary/aromatic N) is 2. The number of methoxy groups -OCH3 is 1. The van der Waals surface area contributed by atoms with Crippen molar-refractivity contribution in [1.82, 2.24) is 9.97 Å². The number of nitrogens with two attached hydrogens (primary N) is 1. The van der Waals surface area contributed by atoms with Gasteiger partial charge in [-0.15, -0.1) is 11.8 Å². The molecule has 0 fully saturated rings. The number of anilines is 3. The van der Waals surface area contributed by atoms with Crippen molar-refractivity contribution in [3.05, 3.63) is 30.6 Å². The van der Waals surface area contributed by atoms with E-state index in [2.05, 4.69) is 15.3 Å². The molecule has 18 heavy (non-hydrogen) atoms. The molecule has 0 unspecified atom stereocenters. The first kappa shape index (κ1) is 12.5. The lowest BCUT2D eigenvalue weighted by atomic mass is 10.3. The monoisotopic (exact) mass is 262 g/mol. The molecule has 0 radical (unpaired) electrons. The van der Waals surface area contributed by atoms with E-state index in [4.69, 9.17) is 10.5 Å². The number of ether oxygens (including phenoxy) is 1. The van der Waals surface area contributed by atoms with Gasteiger partial charge in [0, 0.05) is 10.6 Å². The highest BCUT2D eigenvalue weighted by atomic mass is 32.2. The van der Waals surface area contributed by atoms with E-state index >= 15 is 0 Å². The van der Waals surface area contributed by atoms with Crippen LogP contribution in [0, 0.1) is 0 Å². The van der Waals surface area contributed by atoms with Crippen molar-refractivity contribution in [1.29, 1.82) is 0 Å². The molecule has 6 heteroatoms. The molecular formula is C12H14N4OS. The first-order valence-electron chi connectivity index (χ1n) is 5.30. The molecule has 0 bridgehead atoms. The molecule has 1 aromatic carbocycles. The fraction of sp³-hybridized carbons (Fsp3) is 0.167. The molecule has 2 aromatic rings. The molecule has 0 saturated heterocycles. The van der Waals surface area contributed by atoms with Gasteiger partial charge in [0.05, 0.1) is 7.11 Å². The van der Waals surface area contributed by atoms with E-state index in [1.807, 2.05) is 30.5 Å². The summed E-state index contributed by atoms with van der Waals surface area (Å²) in [6.45, 7) is 0. The molecule has 0 aliphatic heterocycles. The Balaban J connectivity index is 2.28. The summed E-state index contributed by atoms with van der Waals surface area (Å²) in [6.07, 6.45) is 3.44. The Morgan fingerprint density at radius 2 is 2.17 bits per heavy atom. The summed E-state index contributed by atoms with van der Waals surface area (Å²) in [7, 11) is 1.52. The average Bonchev–Trinajstić information content (AvgIpc) is 2.41. The topological polar surface area (TPSA) is 73.1 Å². The highest BCUT2D eigenvalue weighted by Crippen LogP contribution is 2.28. The van der Waals surface area contributed by atoms with Crippen LogP contribution in [-0.4, -0.2) is 23.3 Å². The SMILES string of the molecule is COc1ncnc(Nc2cccc(SC)c2)c1N. The van der Waals surface area contributed by atoms with Crippen LogP contribution in [-0.2, 0) is 0 Å². The summed E-state index contributed by atoms with van der Waals surface area (Å²) >= 11 is 1.68. The number of hydrogen-bond donors (Lipinski definition) is 2. The predicted octanol–water partition coefficient (Wildman–Crippen LogP) is 2.53. The van der Waals surface area contributed by atoms with Crippen molar-refractivity contribution < 1.29 is 4.74 Å². The molecule has 3 N–H and O–H groups in total. The lowest BCUT2D eigenvalue weighted by molar-refractivity contribution is 0.399. The highest BCUT2D eigenvalue weighted by Gasteiger charge is 2.08. The smallest absolute Gasteiger partial charge is 0.242 e. The molecule has 2 rings (SSSR count). The van der Waals surface area contributed by atoms with Crippen molar-refractivity contribution >= 4 is 29.0 Å². The van der Waals surface area contributed by atoms with Gasteiger partial charge in [-0.25, -0.2) is 4.98 Å². The van der Waals surface area contributed by atoms with Gasteiger partial charge in [-0.3, -0.25) is 0 Å². The lowest BCUT2D eigenvalue weighted by Gasteiger charge is -2.10. The molecule has 0 aliphatic rings. The summed E-state index contributed by atoms with van der Waals surface area (Å²) < 4.78 is 5.05. The van der Waals surface area contributed by atoms with Crippen LogP contribution in [0.4, 0.5) is 17.2 Å². The van der Waals surface area contributed by atoms with Crippen LogP contribution >= 0.6 is 11.8 Å². The fourth-order valence-electron chi connectivity index (χ4n) is 1.48. The zero-order valence-corrected chi connectivity index (χ0v) is 11.0. The van der Waals surface area contributed by atoms with Crippen LogP contribution < -0.4 is 15.8 Å². The normalized spacial score (nSPS) is 10.1. The summed E-state index contributed by atoms with van der Waals surface area (Å²) in [4.78, 5) is 9.20. The fourth-order valence-corrected chi connectivity index (χ4v) is 1.94. The molecule has 1 aromatic heterocycles. The number of hydrogen-bond acceptors (Lipinski definition) is 6. The maximum absolute atomic E-state index is 5.89. The third kappa shape index (κ3) is 2.65. The van der Waals surface area contributed by atoms with Gasteiger partial charge >= 0.3 is 0 Å². The third-order valence-corrected chi connectivity index (χ3v) is 3.10. The largest absolute Gasteiger partial charge is 0.479 e. The minimum Gasteiger partial charge on any atom is -0.479 e. The molecule has 0 aliphatic carbocycles. The highest BCUT2D eigenvalue weighted by molar-refractivity contribution is 7.98. The molecule has 0 atom stereocenters. The van der Waals surface area contributed by atoms with E-state index in [1.54, 1.807) is 11.8 Å². The minimum absolute atomic E-state index is 0.369. The van der Waals surface area contributed by atoms with Gasteiger partial charge in [-0.05, 0) is 24.5 Å². The Kier molecular flexibility index (Phi) is 3.88. The average molecular weight is 262 g/mol. The van der Waals surface area contributed by atoms with Gasteiger partial charge < -0.3 is 15.8 Å². The number of nitrogen functional groups attached to an aromatic ring is 1. The van der Waals surface area contributed by atoms with E-state index in [1.165, 1.54) is 18.3 Å². The van der Waals surface area contributed by atoms with Crippen LogP contribution in [0.15, 0.2) is 35.5 Å². The number of aromatic nitrogens is 2. The first-order chi connectivity index (χ1) is 8.74. The standard InChI is InChI=1S/C12H14N4OS/c1-17-12-10(13)11(14-7-15-12)16-8-4-3-5-9(6-8)18-2/h3-7H,13H2,1-2H3,(H,14,15,16). The van der Waals surface area contributed by atoms with Crippen LogP contribution in [0.3, 0.4) is 0 Å². The summed E-state index contributed by atoms with van der Waals surface area (Å²) in [6, 6.07) is 8.00. The Bertz CT molecular complexity index is 547. The number of nitrogens with one attached hydrogen (secondary N) is 1. The minimum atomic E-state index is 0.369. The number of thioether (sulfide) groups is 1. The van der Waals surface area contributed by atoms with E-state index in [0.29, 0.717) is 17.4 Å².